The van der Waals surface area contributed by atoms with Crippen molar-refractivity contribution in [3.05, 3.63) is 317 Å². The molecule has 0 saturated carbocycles. The van der Waals surface area contributed by atoms with Crippen LogP contribution in [0.2, 0.25) is 0 Å². The predicted octanol–water partition coefficient (Wildman–Crippen LogP) is 13.6. The summed E-state index contributed by atoms with van der Waals surface area (Å²) < 4.78 is 104. The van der Waals surface area contributed by atoms with Crippen molar-refractivity contribution in [3.8, 4) is 28.4 Å². The normalized spacial score (nSPS) is 14.2. The number of piperazine rings is 1. The van der Waals surface area contributed by atoms with E-state index in [9.17, 15) is 50.3 Å². The fourth-order valence-electron chi connectivity index (χ4n) is 13.6. The number of likely N-dealkylation sites (N-methyl/N-ethyl adjacent to an activating group) is 1. The third kappa shape index (κ3) is 23.9. The first-order valence-corrected chi connectivity index (χ1v) is 38.6. The topological polar surface area (TPSA) is 148 Å². The molecule has 113 heavy (non-hydrogen) atoms. The average Bonchev–Trinajstić information content (AvgIpc) is 0.910. The molecule has 0 radical (unpaired) electrons. The van der Waals surface area contributed by atoms with E-state index in [-0.39, 0.29) is 68.9 Å². The van der Waals surface area contributed by atoms with E-state index in [1.807, 2.05) is 70.7 Å². The van der Waals surface area contributed by atoms with Crippen LogP contribution in [0.15, 0.2) is 182 Å². The van der Waals surface area contributed by atoms with Gasteiger partial charge in [-0.1, -0.05) is 64.1 Å². The van der Waals surface area contributed by atoms with Crippen LogP contribution >= 0.6 is 0 Å². The van der Waals surface area contributed by atoms with Gasteiger partial charge in [-0.3, -0.25) is 71.3 Å². The molecule has 0 unspecified atom stereocenters. The Balaban J connectivity index is 0.000000162. The van der Waals surface area contributed by atoms with E-state index in [0.717, 1.165) is 87.7 Å². The molecule has 0 amide bonds. The molecule has 3 fully saturated rings. The summed E-state index contributed by atoms with van der Waals surface area (Å²) in [5.41, 5.74) is 10.6. The van der Waals surface area contributed by atoms with Crippen molar-refractivity contribution in [1.29, 1.82) is 0 Å². The molecular weight excluding hydrogens is 1450 g/mol. The Hall–Kier alpha value is -9.89. The van der Waals surface area contributed by atoms with Crippen LogP contribution < -0.4 is 27.8 Å². The van der Waals surface area contributed by atoms with Crippen LogP contribution in [0.25, 0.3) is 28.4 Å². The molecular formula is C89H107F6N11O7. The molecule has 0 aliphatic carbocycles. The Kier molecular flexibility index (Phi) is 31.8. The van der Waals surface area contributed by atoms with Gasteiger partial charge in [0.15, 0.2) is 0 Å². The predicted molar refractivity (Wildman–Crippen MR) is 436 cm³/mol. The summed E-state index contributed by atoms with van der Waals surface area (Å²) in [5.74, 6) is -2.33. The smallest absolute Gasteiger partial charge is 0.257 e. The Labute approximate surface area is 658 Å². The lowest BCUT2D eigenvalue weighted by Crippen LogP contribution is -2.44. The molecule has 8 heterocycles. The monoisotopic (exact) mass is 1560 g/mol. The van der Waals surface area contributed by atoms with Crippen LogP contribution in [-0.2, 0) is 42.2 Å². The maximum Gasteiger partial charge on any atom is 0.257 e. The van der Waals surface area contributed by atoms with E-state index in [1.54, 1.807) is 119 Å². The molecule has 5 aromatic heterocycles. The first-order chi connectivity index (χ1) is 54.0. The zero-order chi connectivity index (χ0) is 81.7. The first kappa shape index (κ1) is 87.1. The van der Waals surface area contributed by atoms with E-state index in [0.29, 0.717) is 133 Å². The molecule has 0 atom stereocenters. The summed E-state index contributed by atoms with van der Waals surface area (Å²) in [6, 6.07) is 34.7. The summed E-state index contributed by atoms with van der Waals surface area (Å²) in [5, 5.41) is 0. The number of ether oxygens (including phenoxy) is 2. The first-order valence-electron chi connectivity index (χ1n) is 38.6. The number of halogens is 6. The zero-order valence-electron chi connectivity index (χ0n) is 67.4. The molecule has 24 heteroatoms. The molecule has 18 nitrogen and oxygen atoms in total. The summed E-state index contributed by atoms with van der Waals surface area (Å²) in [7, 11) is 2.10. The number of benzene rings is 5. The van der Waals surface area contributed by atoms with Gasteiger partial charge in [-0.25, -0.2) is 26.3 Å². The molecule has 3 aliphatic heterocycles. The van der Waals surface area contributed by atoms with Crippen molar-refractivity contribution in [3.63, 3.8) is 0 Å². The lowest BCUT2D eigenvalue weighted by Gasteiger charge is -2.32. The highest BCUT2D eigenvalue weighted by Crippen LogP contribution is 2.24. The number of aryl methyl sites for hydroxylation is 8. The lowest BCUT2D eigenvalue weighted by molar-refractivity contribution is 0.0337. The van der Waals surface area contributed by atoms with Gasteiger partial charge in [0.05, 0.1) is 54.9 Å². The van der Waals surface area contributed by atoms with Crippen LogP contribution in [0.1, 0.15) is 100 Å². The van der Waals surface area contributed by atoms with Gasteiger partial charge in [-0.05, 0) is 196 Å². The Morgan fingerprint density at radius 2 is 0.673 bits per heavy atom. The number of nitrogens with zero attached hydrogens (tertiary/aromatic N) is 11. The lowest BCUT2D eigenvalue weighted by atomic mass is 10.1. The minimum absolute atomic E-state index is 0.0369. The second-order valence-electron chi connectivity index (χ2n) is 29.2. The van der Waals surface area contributed by atoms with Crippen LogP contribution in [-0.4, -0.2) is 164 Å². The van der Waals surface area contributed by atoms with Crippen LogP contribution in [0.5, 0.6) is 0 Å². The van der Waals surface area contributed by atoms with Gasteiger partial charge in [0, 0.05) is 172 Å². The molecule has 3 aliphatic rings. The molecule has 0 N–H and O–H groups in total. The van der Waals surface area contributed by atoms with E-state index in [1.165, 1.54) is 65.3 Å². The zero-order valence-corrected chi connectivity index (χ0v) is 67.4. The van der Waals surface area contributed by atoms with E-state index >= 15 is 0 Å². The van der Waals surface area contributed by atoms with Crippen molar-refractivity contribution in [2.45, 2.75) is 116 Å². The molecule has 602 valence electrons. The van der Waals surface area contributed by atoms with Crippen LogP contribution in [0.4, 0.5) is 26.3 Å². The minimum Gasteiger partial charge on any atom is -0.379 e. The molecule has 3 saturated heterocycles. The molecule has 5 aromatic carbocycles. The van der Waals surface area contributed by atoms with Crippen molar-refractivity contribution in [2.75, 3.05) is 112 Å². The maximum atomic E-state index is 14.5. The van der Waals surface area contributed by atoms with Crippen molar-refractivity contribution < 1.29 is 35.8 Å². The summed E-state index contributed by atoms with van der Waals surface area (Å²) >= 11 is 0. The van der Waals surface area contributed by atoms with Crippen molar-refractivity contribution in [2.24, 2.45) is 0 Å². The quantitative estimate of drug-likeness (QED) is 0.0708. The fraction of sp³-hybridized carbons (Fsp3) is 0.382. The highest BCUT2D eigenvalue weighted by molar-refractivity contribution is 5.43. The molecule has 0 spiro atoms. The second kappa shape index (κ2) is 41.2. The number of hydrogen-bond donors (Lipinski definition) is 0. The Morgan fingerprint density at radius 3 is 1.07 bits per heavy atom. The van der Waals surface area contributed by atoms with E-state index in [4.69, 9.17) is 9.47 Å². The number of pyridine rings is 5. The summed E-state index contributed by atoms with van der Waals surface area (Å²) in [6.07, 6.45) is 8.47. The van der Waals surface area contributed by atoms with Crippen molar-refractivity contribution >= 4 is 0 Å². The summed E-state index contributed by atoms with van der Waals surface area (Å²) in [6.45, 7) is 38.3. The standard InChI is InChI=1S/C18H22F2N2O.C18H22FN3O.C18H21FN2O2.C18H23FN2O.C17H19FN2O2/c1-5-21(6-2)11-15-16(19)8-14(9-17(15)20)22-10-12(3)7-13(4)18(22)23;1-14-4-3-7-22(18(14)23)16-6-5-15(17(19)12-16)13-21-10-8-20(2)9-11-21;1-13-9-14(2)18(22)21(11-13)16-4-3-15(17(19)10-16)12-20-5-7-23-8-6-20;1-5-20(6-2)12-15-7-8-16(10-17(15)19)21-11-13(3)9-14(4)18(21)22;1-13-2-5-17(21)20(11-13)15-4-3-14(16(18)10-15)12-19-6-8-22-9-7-19/h7-10H,5-6,11H2,1-4H3;3-7,12H,8-11,13H2,1-2H3;3-4,9-11H,5-8,12H2,1-2H3;7-11H,5-6,12H2,1-4H3;2-5,10-11H,6-9,12H2,1H3. The molecule has 0 bridgehead atoms. The fourth-order valence-corrected chi connectivity index (χ4v) is 13.6. The largest absolute Gasteiger partial charge is 0.379 e. The Bertz CT molecular complexity index is 5180. The highest BCUT2D eigenvalue weighted by atomic mass is 19.2. The molecule has 10 aromatic rings. The van der Waals surface area contributed by atoms with Gasteiger partial charge >= 0.3 is 0 Å². The third-order valence-corrected chi connectivity index (χ3v) is 20.4. The number of hydrogen-bond acceptors (Lipinski definition) is 13. The van der Waals surface area contributed by atoms with Gasteiger partial charge in [-0.2, -0.15) is 0 Å². The number of rotatable bonds is 19. The van der Waals surface area contributed by atoms with E-state index < -0.39 is 11.6 Å². The number of aromatic nitrogens is 5. The van der Waals surface area contributed by atoms with Crippen LogP contribution in [0, 0.1) is 90.3 Å². The van der Waals surface area contributed by atoms with Gasteiger partial charge < -0.3 is 14.4 Å². The Morgan fingerprint density at radius 1 is 0.336 bits per heavy atom. The van der Waals surface area contributed by atoms with E-state index in [2.05, 4.69) is 45.4 Å². The van der Waals surface area contributed by atoms with Gasteiger partial charge in [0.1, 0.15) is 34.9 Å². The third-order valence-electron chi connectivity index (χ3n) is 20.4. The average molecular weight is 1560 g/mol. The summed E-state index contributed by atoms with van der Waals surface area (Å²) in [4.78, 5) is 73.7. The number of morpholine rings is 2. The van der Waals surface area contributed by atoms with Gasteiger partial charge in [-0.15, -0.1) is 0 Å². The van der Waals surface area contributed by atoms with Crippen LogP contribution in [0.3, 0.4) is 0 Å². The molecule has 13 rings (SSSR count). The minimum atomic E-state index is -0.627. The van der Waals surface area contributed by atoms with Gasteiger partial charge in [0.25, 0.3) is 27.8 Å². The second-order valence-corrected chi connectivity index (χ2v) is 29.2. The van der Waals surface area contributed by atoms with Crippen molar-refractivity contribution in [1.82, 2.24) is 52.2 Å². The van der Waals surface area contributed by atoms with Gasteiger partial charge in [0.2, 0.25) is 0 Å². The SMILES string of the molecule is CCN(CC)Cc1c(F)cc(-n2cc(C)cc(C)c2=O)cc1F.CCN(CC)Cc1ccc(-n2cc(C)cc(C)c2=O)cc1F.Cc1cc(C)c(=O)n(-c2ccc(CN3CCOCC3)c(F)c2)c1.Cc1ccc(=O)n(-c2ccc(CN3CCOCC3)c(F)c2)c1.Cc1cccn(-c2ccc(CN3CCN(C)CC3)c(F)c2)c1=O. The highest BCUT2D eigenvalue weighted by Gasteiger charge is 2.21. The maximum absolute atomic E-state index is 14.5.